The highest BCUT2D eigenvalue weighted by Crippen LogP contribution is 2.28. The lowest BCUT2D eigenvalue weighted by atomic mass is 9.94. The van der Waals surface area contributed by atoms with Crippen LogP contribution in [0.15, 0.2) is 30.3 Å². The first-order valence-corrected chi connectivity index (χ1v) is 6.29. The number of methoxy groups -OCH3 is 1. The van der Waals surface area contributed by atoms with Crippen LogP contribution in [-0.2, 0) is 0 Å². The van der Waals surface area contributed by atoms with E-state index in [1.54, 1.807) is 26.2 Å². The Morgan fingerprint density at radius 1 is 0.950 bits per heavy atom. The van der Waals surface area contributed by atoms with E-state index in [2.05, 4.69) is 0 Å². The van der Waals surface area contributed by atoms with Gasteiger partial charge in [-0.2, -0.15) is 0 Å². The lowest BCUT2D eigenvalue weighted by Crippen LogP contribution is -2.15. The number of hydrogen-bond acceptors (Lipinski definition) is 2. The zero-order chi connectivity index (χ0) is 14.9. The smallest absolute Gasteiger partial charge is 0.131 e. The van der Waals surface area contributed by atoms with Gasteiger partial charge in [0.1, 0.15) is 17.4 Å². The van der Waals surface area contributed by atoms with E-state index < -0.39 is 17.7 Å². The summed E-state index contributed by atoms with van der Waals surface area (Å²) in [5, 5.41) is 0. The molecule has 0 aliphatic rings. The fraction of sp³-hybridized carbons (Fsp3) is 0.250. The highest BCUT2D eigenvalue weighted by molar-refractivity contribution is 5.42. The van der Waals surface area contributed by atoms with Crippen LogP contribution in [0.4, 0.5) is 8.78 Å². The summed E-state index contributed by atoms with van der Waals surface area (Å²) in [5.74, 6) is -0.477. The highest BCUT2D eigenvalue weighted by atomic mass is 19.1. The molecule has 0 bridgehead atoms. The molecule has 0 saturated carbocycles. The summed E-state index contributed by atoms with van der Waals surface area (Å²) >= 11 is 0. The molecule has 0 aromatic heterocycles. The number of halogens is 2. The number of ether oxygens (including phenoxy) is 1. The minimum absolute atomic E-state index is 0.289. The lowest BCUT2D eigenvalue weighted by Gasteiger charge is -2.17. The Morgan fingerprint density at radius 3 is 2.25 bits per heavy atom. The van der Waals surface area contributed by atoms with Crippen molar-refractivity contribution in [3.63, 3.8) is 0 Å². The van der Waals surface area contributed by atoms with Crippen LogP contribution in [0.25, 0.3) is 0 Å². The largest absolute Gasteiger partial charge is 0.497 e. The molecule has 0 radical (unpaired) electrons. The zero-order valence-corrected chi connectivity index (χ0v) is 11.7. The maximum atomic E-state index is 13.9. The van der Waals surface area contributed by atoms with Gasteiger partial charge in [-0.25, -0.2) is 8.78 Å². The Bertz CT molecular complexity index is 641. The molecule has 0 saturated heterocycles. The van der Waals surface area contributed by atoms with Crippen molar-refractivity contribution in [1.82, 2.24) is 0 Å². The van der Waals surface area contributed by atoms with Crippen LogP contribution in [0.2, 0.25) is 0 Å². The summed E-state index contributed by atoms with van der Waals surface area (Å²) < 4.78 is 32.3. The Morgan fingerprint density at radius 2 is 1.65 bits per heavy atom. The third-order valence-corrected chi connectivity index (χ3v) is 3.43. The second-order valence-corrected chi connectivity index (χ2v) is 4.82. The molecule has 0 heterocycles. The van der Waals surface area contributed by atoms with E-state index >= 15 is 0 Å². The van der Waals surface area contributed by atoms with E-state index in [1.807, 2.05) is 13.0 Å². The van der Waals surface area contributed by atoms with Gasteiger partial charge in [0, 0.05) is 11.6 Å². The quantitative estimate of drug-likeness (QED) is 0.929. The summed E-state index contributed by atoms with van der Waals surface area (Å²) in [7, 11) is 1.58. The number of hydrogen-bond donors (Lipinski definition) is 1. The molecule has 106 valence electrons. The summed E-state index contributed by atoms with van der Waals surface area (Å²) in [4.78, 5) is 0. The Hall–Kier alpha value is -1.94. The summed E-state index contributed by atoms with van der Waals surface area (Å²) in [6.45, 7) is 3.47. The molecule has 2 aromatic rings. The minimum atomic E-state index is -0.639. The maximum absolute atomic E-state index is 13.9. The first kappa shape index (κ1) is 14.5. The standard InChI is InChI=1S/C16H17F2NO/c1-9-6-11(20-3)4-5-12(9)16(19)13-7-10(2)14(17)8-15(13)18/h4-8,16H,19H2,1-3H3. The monoisotopic (exact) mass is 277 g/mol. The third kappa shape index (κ3) is 2.65. The summed E-state index contributed by atoms with van der Waals surface area (Å²) in [5.41, 5.74) is 8.48. The number of nitrogens with two attached hydrogens (primary N) is 1. The predicted molar refractivity (Wildman–Crippen MR) is 74.9 cm³/mol. The van der Waals surface area contributed by atoms with Gasteiger partial charge in [-0.15, -0.1) is 0 Å². The molecule has 0 aliphatic carbocycles. The molecule has 2 nitrogen and oxygen atoms in total. The van der Waals surface area contributed by atoms with Gasteiger partial charge in [-0.05, 0) is 48.7 Å². The van der Waals surface area contributed by atoms with Gasteiger partial charge in [0.05, 0.1) is 13.2 Å². The van der Waals surface area contributed by atoms with Crippen LogP contribution in [0.3, 0.4) is 0 Å². The fourth-order valence-electron chi connectivity index (χ4n) is 2.21. The number of aryl methyl sites for hydroxylation is 2. The first-order valence-electron chi connectivity index (χ1n) is 6.29. The summed E-state index contributed by atoms with van der Waals surface area (Å²) in [6, 6.07) is 7.11. The SMILES string of the molecule is COc1ccc(C(N)c2cc(C)c(F)cc2F)c(C)c1. The van der Waals surface area contributed by atoms with Crippen LogP contribution in [0.5, 0.6) is 5.75 Å². The van der Waals surface area contributed by atoms with Crippen molar-refractivity contribution in [1.29, 1.82) is 0 Å². The van der Waals surface area contributed by atoms with Crippen LogP contribution >= 0.6 is 0 Å². The molecule has 0 amide bonds. The highest BCUT2D eigenvalue weighted by Gasteiger charge is 2.17. The molecule has 0 spiro atoms. The molecule has 2 N–H and O–H groups in total. The topological polar surface area (TPSA) is 35.2 Å². The minimum Gasteiger partial charge on any atom is -0.497 e. The second kappa shape index (κ2) is 5.59. The number of rotatable bonds is 3. The molecular formula is C16H17F2NO. The first-order chi connectivity index (χ1) is 9.43. The molecule has 0 aliphatic heterocycles. The third-order valence-electron chi connectivity index (χ3n) is 3.43. The molecule has 1 unspecified atom stereocenters. The van der Waals surface area contributed by atoms with E-state index in [0.29, 0.717) is 11.3 Å². The van der Waals surface area contributed by atoms with Gasteiger partial charge in [0.25, 0.3) is 0 Å². The average molecular weight is 277 g/mol. The van der Waals surface area contributed by atoms with Gasteiger partial charge in [0.2, 0.25) is 0 Å². The molecule has 2 aromatic carbocycles. The van der Waals surface area contributed by atoms with Crippen LogP contribution < -0.4 is 10.5 Å². The molecule has 1 atom stereocenters. The van der Waals surface area contributed by atoms with Crippen LogP contribution in [-0.4, -0.2) is 7.11 Å². The van der Waals surface area contributed by atoms with Crippen molar-refractivity contribution in [3.05, 3.63) is 64.2 Å². The Balaban J connectivity index is 2.46. The van der Waals surface area contributed by atoms with E-state index in [1.165, 1.54) is 6.07 Å². The number of benzene rings is 2. The van der Waals surface area contributed by atoms with Crippen molar-refractivity contribution in [2.75, 3.05) is 7.11 Å². The van der Waals surface area contributed by atoms with Gasteiger partial charge in [0.15, 0.2) is 0 Å². The van der Waals surface area contributed by atoms with Crippen molar-refractivity contribution in [2.45, 2.75) is 19.9 Å². The normalized spacial score (nSPS) is 12.3. The Labute approximate surface area is 117 Å². The second-order valence-electron chi connectivity index (χ2n) is 4.82. The van der Waals surface area contributed by atoms with Crippen LogP contribution in [0, 0.1) is 25.5 Å². The lowest BCUT2D eigenvalue weighted by molar-refractivity contribution is 0.414. The fourth-order valence-corrected chi connectivity index (χ4v) is 2.21. The van der Waals surface area contributed by atoms with Crippen LogP contribution in [0.1, 0.15) is 28.3 Å². The van der Waals surface area contributed by atoms with E-state index in [9.17, 15) is 8.78 Å². The molecule has 4 heteroatoms. The van der Waals surface area contributed by atoms with Crippen molar-refractivity contribution in [2.24, 2.45) is 5.73 Å². The molecule has 0 fully saturated rings. The average Bonchev–Trinajstić information content (AvgIpc) is 2.42. The van der Waals surface area contributed by atoms with Gasteiger partial charge >= 0.3 is 0 Å². The predicted octanol–water partition coefficient (Wildman–Crippen LogP) is 3.64. The van der Waals surface area contributed by atoms with Crippen molar-refractivity contribution < 1.29 is 13.5 Å². The molecule has 20 heavy (non-hydrogen) atoms. The maximum Gasteiger partial charge on any atom is 0.131 e. The Kier molecular flexibility index (Phi) is 4.04. The summed E-state index contributed by atoms with van der Waals surface area (Å²) in [6.07, 6.45) is 0. The van der Waals surface area contributed by atoms with Gasteiger partial charge < -0.3 is 10.5 Å². The van der Waals surface area contributed by atoms with Gasteiger partial charge in [-0.3, -0.25) is 0 Å². The molecular weight excluding hydrogens is 260 g/mol. The van der Waals surface area contributed by atoms with E-state index in [-0.39, 0.29) is 5.56 Å². The van der Waals surface area contributed by atoms with Crippen molar-refractivity contribution in [3.8, 4) is 5.75 Å². The van der Waals surface area contributed by atoms with E-state index in [4.69, 9.17) is 10.5 Å². The zero-order valence-electron chi connectivity index (χ0n) is 11.7. The van der Waals surface area contributed by atoms with Gasteiger partial charge in [-0.1, -0.05) is 6.07 Å². The van der Waals surface area contributed by atoms with Crippen molar-refractivity contribution >= 4 is 0 Å². The van der Waals surface area contributed by atoms with E-state index in [0.717, 1.165) is 17.2 Å². The molecule has 2 rings (SSSR count).